The molecule has 3 fully saturated rings. The normalized spacial score (nSPS) is 14.3. The molecule has 0 saturated heterocycles. The Bertz CT molecular complexity index is 1600. The predicted octanol–water partition coefficient (Wildman–Crippen LogP) is 19.8. The molecule has 0 bridgehead atoms. The van der Waals surface area contributed by atoms with Crippen LogP contribution in [0.5, 0.6) is 23.0 Å². The van der Waals surface area contributed by atoms with E-state index in [2.05, 4.69) is 152 Å². The molecule has 0 heterocycles. The van der Waals surface area contributed by atoms with Gasteiger partial charge >= 0.3 is 0 Å². The second kappa shape index (κ2) is 40.2. The van der Waals surface area contributed by atoms with Crippen molar-refractivity contribution >= 4 is 0 Å². The molecule has 0 spiro atoms. The number of hydrogen-bond donors (Lipinski definition) is 0. The van der Waals surface area contributed by atoms with Crippen molar-refractivity contribution in [1.82, 2.24) is 0 Å². The number of hydrogen-bond acceptors (Lipinski definition) is 4. The third kappa shape index (κ3) is 37.1. The Morgan fingerprint density at radius 1 is 0.435 bits per heavy atom. The summed E-state index contributed by atoms with van der Waals surface area (Å²) in [5.41, 5.74) is 3.91. The molecule has 0 aliphatic heterocycles. The monoisotopic (exact) mass is 957 g/mol. The van der Waals surface area contributed by atoms with Gasteiger partial charge in [0.25, 0.3) is 0 Å². The van der Waals surface area contributed by atoms with Crippen LogP contribution in [0, 0.1) is 59.2 Å². The second-order valence-corrected chi connectivity index (χ2v) is 23.2. The summed E-state index contributed by atoms with van der Waals surface area (Å²) in [5, 5.41) is 0. The zero-order valence-corrected chi connectivity index (χ0v) is 48.6. The van der Waals surface area contributed by atoms with Gasteiger partial charge in [-0.3, -0.25) is 0 Å². The van der Waals surface area contributed by atoms with E-state index in [-0.39, 0.29) is 0 Å². The average molecular weight is 958 g/mol. The van der Waals surface area contributed by atoms with Crippen LogP contribution in [-0.2, 0) is 19.3 Å². The van der Waals surface area contributed by atoms with Crippen LogP contribution in [0.15, 0.2) is 79.4 Å². The third-order valence-electron chi connectivity index (χ3n) is 12.4. The molecule has 3 aliphatic rings. The number of methoxy groups -OCH3 is 4. The molecule has 0 radical (unpaired) electrons. The van der Waals surface area contributed by atoms with Crippen LogP contribution >= 0.6 is 0 Å². The fourth-order valence-corrected chi connectivity index (χ4v) is 8.93. The molecule has 3 saturated carbocycles. The van der Waals surface area contributed by atoms with Crippen molar-refractivity contribution < 1.29 is 18.9 Å². The highest BCUT2D eigenvalue weighted by Gasteiger charge is 2.21. The molecule has 3 aromatic carbocycles. The van der Waals surface area contributed by atoms with Gasteiger partial charge in [0.05, 0.1) is 28.4 Å². The van der Waals surface area contributed by atoms with Gasteiger partial charge in [-0.1, -0.05) is 210 Å². The molecular weight excluding hydrogens is 845 g/mol. The lowest BCUT2D eigenvalue weighted by Gasteiger charge is -2.26. The van der Waals surface area contributed by atoms with Gasteiger partial charge in [-0.15, -0.1) is 6.58 Å². The third-order valence-corrected chi connectivity index (χ3v) is 12.4. The van der Waals surface area contributed by atoms with Crippen LogP contribution in [0.1, 0.15) is 204 Å². The summed E-state index contributed by atoms with van der Waals surface area (Å²) in [6.07, 6.45) is 25.8. The summed E-state index contributed by atoms with van der Waals surface area (Å²) >= 11 is 0. The van der Waals surface area contributed by atoms with Gasteiger partial charge in [0.2, 0.25) is 0 Å². The van der Waals surface area contributed by atoms with Crippen molar-refractivity contribution in [2.24, 2.45) is 59.2 Å². The van der Waals surface area contributed by atoms with E-state index in [1.807, 2.05) is 24.3 Å². The first-order valence-corrected chi connectivity index (χ1v) is 27.8. The van der Waals surface area contributed by atoms with Gasteiger partial charge in [0, 0.05) is 6.07 Å². The standard InChI is InChI=1S/2C12H18O2.C10H20.C10H14.C8H16.C7H14.C6H12/c1-9(2)5-10-6-11(13-3)8-12(7-10)14-4;1-9(2)8-10-6-5-7-11(13-3)12(10)14-4;2*1-9(2)8-10-6-4-3-5-7-10;1-7(2)6-8-4-3-5-8;1-6(2)5-7-3-4-7;1-4-5-6(2)3/h6-9H,5H2,1-4H3;5-7,9H,8H2,1-4H3;9-10H,3-8H2,1-2H3;3-7,9H,8H2,1-2H3;7-8H,3-6H2,1-2H3;6-7H,3-5H2,1-2H3;4,6H,1,5H2,2-3H3. The van der Waals surface area contributed by atoms with Crippen LogP contribution < -0.4 is 18.9 Å². The van der Waals surface area contributed by atoms with Gasteiger partial charge < -0.3 is 18.9 Å². The number of ether oxygens (including phenoxy) is 4. The maximum atomic E-state index is 5.34. The average Bonchev–Trinajstić information content (AvgIpc) is 4.09. The minimum Gasteiger partial charge on any atom is -0.497 e. The summed E-state index contributed by atoms with van der Waals surface area (Å²) < 4.78 is 21.0. The first kappa shape index (κ1) is 65.6. The molecule has 3 aromatic rings. The molecule has 3 aliphatic carbocycles. The highest BCUT2D eigenvalue weighted by Crippen LogP contribution is 2.35. The lowest BCUT2D eigenvalue weighted by atomic mass is 9.80. The number of para-hydroxylation sites is 1. The van der Waals surface area contributed by atoms with E-state index in [9.17, 15) is 0 Å². The van der Waals surface area contributed by atoms with Gasteiger partial charge in [-0.2, -0.15) is 0 Å². The molecule has 0 unspecified atom stereocenters. The fourth-order valence-electron chi connectivity index (χ4n) is 8.93. The zero-order valence-electron chi connectivity index (χ0n) is 48.6. The van der Waals surface area contributed by atoms with Crippen LogP contribution in [0.2, 0.25) is 0 Å². The molecule has 69 heavy (non-hydrogen) atoms. The molecule has 4 heteroatoms. The van der Waals surface area contributed by atoms with E-state index in [0.29, 0.717) is 11.8 Å². The van der Waals surface area contributed by atoms with Gasteiger partial charge in [-0.25, -0.2) is 0 Å². The van der Waals surface area contributed by atoms with Gasteiger partial charge in [0.1, 0.15) is 11.5 Å². The smallest absolute Gasteiger partial charge is 0.163 e. The maximum absolute atomic E-state index is 5.34. The van der Waals surface area contributed by atoms with Crippen molar-refractivity contribution in [3.05, 3.63) is 96.1 Å². The lowest BCUT2D eigenvalue weighted by molar-refractivity contribution is 0.264. The summed E-state index contributed by atoms with van der Waals surface area (Å²) in [6.45, 7) is 35.2. The van der Waals surface area contributed by atoms with Crippen molar-refractivity contribution in [2.45, 2.75) is 206 Å². The summed E-state index contributed by atoms with van der Waals surface area (Å²) in [7, 11) is 6.69. The Hall–Kier alpha value is -3.40. The molecule has 0 atom stereocenters. The van der Waals surface area contributed by atoms with E-state index in [0.717, 1.165) is 89.6 Å². The van der Waals surface area contributed by atoms with E-state index in [1.165, 1.54) is 107 Å². The molecule has 6 rings (SSSR count). The maximum Gasteiger partial charge on any atom is 0.163 e. The van der Waals surface area contributed by atoms with Gasteiger partial charge in [-0.05, 0) is 139 Å². The van der Waals surface area contributed by atoms with Crippen LogP contribution in [0.3, 0.4) is 0 Å². The number of rotatable bonds is 18. The predicted molar refractivity (Wildman–Crippen MR) is 306 cm³/mol. The molecule has 396 valence electrons. The Kier molecular flexibility index (Phi) is 38.2. The van der Waals surface area contributed by atoms with Crippen LogP contribution in [-0.4, -0.2) is 28.4 Å². The van der Waals surface area contributed by atoms with Crippen LogP contribution in [0.25, 0.3) is 0 Å². The van der Waals surface area contributed by atoms with E-state index >= 15 is 0 Å². The minimum atomic E-state index is 0.621. The molecule has 0 N–H and O–H groups in total. The lowest BCUT2D eigenvalue weighted by Crippen LogP contribution is -2.12. The largest absolute Gasteiger partial charge is 0.497 e. The highest BCUT2D eigenvalue weighted by molar-refractivity contribution is 5.46. The van der Waals surface area contributed by atoms with Crippen molar-refractivity contribution in [3.8, 4) is 23.0 Å². The van der Waals surface area contributed by atoms with Crippen molar-refractivity contribution in [2.75, 3.05) is 28.4 Å². The van der Waals surface area contributed by atoms with Gasteiger partial charge in [0.15, 0.2) is 11.5 Å². The Labute approximate surface area is 429 Å². The summed E-state index contributed by atoms with van der Waals surface area (Å²) in [4.78, 5) is 0. The Morgan fingerprint density at radius 2 is 0.884 bits per heavy atom. The second-order valence-electron chi connectivity index (χ2n) is 23.2. The molecule has 4 nitrogen and oxygen atoms in total. The Balaban J connectivity index is 0.000000797. The molecular formula is C65H112O4. The van der Waals surface area contributed by atoms with Crippen molar-refractivity contribution in [1.29, 1.82) is 0 Å². The fraction of sp³-hybridized carbons (Fsp3) is 0.692. The Morgan fingerprint density at radius 3 is 1.22 bits per heavy atom. The first-order chi connectivity index (χ1) is 32.8. The van der Waals surface area contributed by atoms with E-state index in [1.54, 1.807) is 28.4 Å². The van der Waals surface area contributed by atoms with E-state index < -0.39 is 0 Å². The SMILES string of the molecule is C=CCC(C)C.CC(C)CC1CC1.CC(C)CC1CCC1.CC(C)CC1CCCCC1.CC(C)Cc1ccccc1.COc1cc(CC(C)C)cc(OC)c1.COc1cccc(CC(C)C)c1OC. The topological polar surface area (TPSA) is 36.9 Å². The zero-order chi connectivity index (χ0) is 52.1. The quantitative estimate of drug-likeness (QED) is 0.119. The van der Waals surface area contributed by atoms with Crippen molar-refractivity contribution in [3.63, 3.8) is 0 Å². The number of benzene rings is 3. The van der Waals surface area contributed by atoms with Crippen LogP contribution in [0.4, 0.5) is 0 Å². The first-order valence-electron chi connectivity index (χ1n) is 27.8. The number of allylic oxidation sites excluding steroid dienone is 1. The minimum absolute atomic E-state index is 0.621. The summed E-state index contributed by atoms with van der Waals surface area (Å²) in [6, 6.07) is 22.6. The van der Waals surface area contributed by atoms with E-state index in [4.69, 9.17) is 18.9 Å². The molecule has 0 aromatic heterocycles. The highest BCUT2D eigenvalue weighted by atomic mass is 16.5. The molecule has 0 amide bonds. The summed E-state index contributed by atoms with van der Waals surface area (Å²) in [5.74, 6) is 12.3.